The van der Waals surface area contributed by atoms with Crippen LogP contribution in [0.3, 0.4) is 0 Å². The van der Waals surface area contributed by atoms with Crippen LogP contribution >= 0.6 is 0 Å². The molecule has 0 saturated heterocycles. The highest BCUT2D eigenvalue weighted by Gasteiger charge is 2.30. The van der Waals surface area contributed by atoms with Gasteiger partial charge in [-0.05, 0) is 24.1 Å². The van der Waals surface area contributed by atoms with E-state index in [0.717, 1.165) is 11.1 Å². The molecule has 1 N–H and O–H groups in total. The molecule has 160 valence electrons. The highest BCUT2D eigenvalue weighted by Crippen LogP contribution is 2.18. The van der Waals surface area contributed by atoms with E-state index in [1.807, 2.05) is 67.6 Å². The Labute approximate surface area is 182 Å². The molecule has 0 spiro atoms. The lowest BCUT2D eigenvalue weighted by atomic mass is 10.0. The average molecular weight is 419 g/mol. The number of nitrogens with one attached hydrogen (secondary N) is 1. The summed E-state index contributed by atoms with van der Waals surface area (Å²) in [6.45, 7) is 2.31. The zero-order valence-electron chi connectivity index (χ0n) is 17.6. The van der Waals surface area contributed by atoms with Crippen LogP contribution in [0.15, 0.2) is 84.9 Å². The molecule has 0 radical (unpaired) electrons. The Balaban J connectivity index is 1.95. The van der Waals surface area contributed by atoms with Gasteiger partial charge in [-0.15, -0.1) is 0 Å². The monoisotopic (exact) mass is 418 g/mol. The van der Waals surface area contributed by atoms with Gasteiger partial charge in [0, 0.05) is 25.1 Å². The summed E-state index contributed by atoms with van der Waals surface area (Å²) in [4.78, 5) is 27.9. The second kappa shape index (κ2) is 11.1. The lowest BCUT2D eigenvalue weighted by Gasteiger charge is -2.31. The fourth-order valence-electron chi connectivity index (χ4n) is 3.53. The van der Waals surface area contributed by atoms with Crippen LogP contribution in [0.2, 0.25) is 0 Å². The van der Waals surface area contributed by atoms with Gasteiger partial charge in [-0.25, -0.2) is 4.39 Å². The molecular weight excluding hydrogens is 391 g/mol. The van der Waals surface area contributed by atoms with Gasteiger partial charge in [0.1, 0.15) is 11.9 Å². The molecule has 5 heteroatoms. The highest BCUT2D eigenvalue weighted by atomic mass is 19.1. The van der Waals surface area contributed by atoms with Gasteiger partial charge in [0.15, 0.2) is 0 Å². The molecule has 3 aromatic rings. The third kappa shape index (κ3) is 6.25. The molecule has 2 amide bonds. The van der Waals surface area contributed by atoms with E-state index in [1.54, 1.807) is 18.2 Å². The largest absolute Gasteiger partial charge is 0.355 e. The third-order valence-corrected chi connectivity index (χ3v) is 5.12. The first-order valence-electron chi connectivity index (χ1n) is 10.5. The molecule has 3 rings (SSSR count). The average Bonchev–Trinajstić information content (AvgIpc) is 2.79. The minimum Gasteiger partial charge on any atom is -0.355 e. The summed E-state index contributed by atoms with van der Waals surface area (Å²) in [6.07, 6.45) is 0.488. The van der Waals surface area contributed by atoms with Crippen molar-refractivity contribution in [1.29, 1.82) is 0 Å². The minimum atomic E-state index is -0.752. The van der Waals surface area contributed by atoms with Gasteiger partial charge in [0.25, 0.3) is 0 Å². The number of carbonyl (C=O) groups is 2. The Morgan fingerprint density at radius 3 is 2.06 bits per heavy atom. The summed E-state index contributed by atoms with van der Waals surface area (Å²) in [6, 6.07) is 24.5. The van der Waals surface area contributed by atoms with Crippen LogP contribution in [-0.4, -0.2) is 29.3 Å². The number of hydrogen-bond acceptors (Lipinski definition) is 2. The first-order valence-corrected chi connectivity index (χ1v) is 10.5. The predicted octanol–water partition coefficient (Wildman–Crippen LogP) is 4.14. The number of nitrogens with zero attached hydrogens (tertiary/aromatic N) is 1. The maximum atomic E-state index is 14.4. The van der Waals surface area contributed by atoms with Crippen molar-refractivity contribution < 1.29 is 14.0 Å². The number of carbonyl (C=O) groups excluding carboxylic acids is 2. The molecule has 0 aliphatic carbocycles. The molecule has 1 atom stereocenters. The third-order valence-electron chi connectivity index (χ3n) is 5.12. The number of amides is 2. The molecule has 0 aliphatic heterocycles. The summed E-state index contributed by atoms with van der Waals surface area (Å²) < 4.78 is 14.4. The van der Waals surface area contributed by atoms with Crippen LogP contribution < -0.4 is 5.32 Å². The van der Waals surface area contributed by atoms with E-state index in [0.29, 0.717) is 18.5 Å². The van der Waals surface area contributed by atoms with Crippen molar-refractivity contribution in [3.8, 4) is 0 Å². The van der Waals surface area contributed by atoms with Crippen molar-refractivity contribution in [2.24, 2.45) is 0 Å². The van der Waals surface area contributed by atoms with E-state index in [4.69, 9.17) is 0 Å². The zero-order chi connectivity index (χ0) is 22.1. The van der Waals surface area contributed by atoms with Gasteiger partial charge in [-0.3, -0.25) is 9.59 Å². The van der Waals surface area contributed by atoms with Crippen LogP contribution in [0.4, 0.5) is 4.39 Å². The summed E-state index contributed by atoms with van der Waals surface area (Å²) in [5.74, 6) is -0.861. The number of hydrogen-bond donors (Lipinski definition) is 1. The number of halogens is 1. The lowest BCUT2D eigenvalue weighted by molar-refractivity contribution is -0.140. The van der Waals surface area contributed by atoms with Crippen molar-refractivity contribution in [2.45, 2.75) is 32.4 Å². The maximum absolute atomic E-state index is 14.4. The molecular formula is C26H27FN2O2. The summed E-state index contributed by atoms with van der Waals surface area (Å²) in [5.41, 5.74) is 2.16. The Bertz CT molecular complexity index is 993. The fraction of sp³-hybridized carbons (Fsp3) is 0.231. The van der Waals surface area contributed by atoms with Gasteiger partial charge in [-0.1, -0.05) is 78.9 Å². The SMILES string of the molecule is CCNC(=O)[C@H](Cc1ccccc1)N(Cc1ccccc1F)C(=O)Cc1ccccc1. The molecule has 0 bridgehead atoms. The standard InChI is InChI=1S/C26H27FN2O2/c1-2-28-26(31)24(17-20-11-5-3-6-12-20)29(19-22-15-9-10-16-23(22)27)25(30)18-21-13-7-4-8-14-21/h3-16,24H,2,17-19H2,1H3,(H,28,31)/t24-/m0/s1. The number of benzene rings is 3. The Hall–Kier alpha value is -3.47. The first-order chi connectivity index (χ1) is 15.1. The highest BCUT2D eigenvalue weighted by molar-refractivity contribution is 5.88. The van der Waals surface area contributed by atoms with Crippen LogP contribution in [0.1, 0.15) is 23.6 Å². The first kappa shape index (κ1) is 22.2. The molecule has 0 aliphatic rings. The molecule has 0 aromatic heterocycles. The van der Waals surface area contributed by atoms with Crippen molar-refractivity contribution in [3.05, 3.63) is 107 Å². The Kier molecular flexibility index (Phi) is 7.93. The topological polar surface area (TPSA) is 49.4 Å². The van der Waals surface area contributed by atoms with Gasteiger partial charge >= 0.3 is 0 Å². The second-order valence-corrected chi connectivity index (χ2v) is 7.38. The van der Waals surface area contributed by atoms with Gasteiger partial charge in [0.2, 0.25) is 11.8 Å². The molecule has 0 saturated carbocycles. The summed E-state index contributed by atoms with van der Waals surface area (Å²) >= 11 is 0. The second-order valence-electron chi connectivity index (χ2n) is 7.38. The Morgan fingerprint density at radius 1 is 0.871 bits per heavy atom. The van der Waals surface area contributed by atoms with E-state index in [2.05, 4.69) is 5.32 Å². The fourth-order valence-corrected chi connectivity index (χ4v) is 3.53. The van der Waals surface area contributed by atoms with Crippen LogP contribution in [0.5, 0.6) is 0 Å². The van der Waals surface area contributed by atoms with E-state index in [1.165, 1.54) is 11.0 Å². The number of likely N-dealkylation sites (N-methyl/N-ethyl adjacent to an activating group) is 1. The van der Waals surface area contributed by atoms with Crippen molar-refractivity contribution >= 4 is 11.8 Å². The molecule has 31 heavy (non-hydrogen) atoms. The molecule has 0 fully saturated rings. The summed E-state index contributed by atoms with van der Waals surface area (Å²) in [5, 5.41) is 2.84. The van der Waals surface area contributed by atoms with E-state index >= 15 is 0 Å². The van der Waals surface area contributed by atoms with Crippen molar-refractivity contribution in [3.63, 3.8) is 0 Å². The van der Waals surface area contributed by atoms with Crippen molar-refractivity contribution in [2.75, 3.05) is 6.54 Å². The molecule has 4 nitrogen and oxygen atoms in total. The zero-order valence-corrected chi connectivity index (χ0v) is 17.6. The van der Waals surface area contributed by atoms with Gasteiger partial charge < -0.3 is 10.2 Å². The molecule has 3 aromatic carbocycles. The minimum absolute atomic E-state index is 0.0208. The quantitative estimate of drug-likeness (QED) is 0.568. The predicted molar refractivity (Wildman–Crippen MR) is 120 cm³/mol. The van der Waals surface area contributed by atoms with Crippen LogP contribution in [-0.2, 0) is 29.0 Å². The Morgan fingerprint density at radius 2 is 1.45 bits per heavy atom. The lowest BCUT2D eigenvalue weighted by Crippen LogP contribution is -2.51. The maximum Gasteiger partial charge on any atom is 0.243 e. The van der Waals surface area contributed by atoms with Gasteiger partial charge in [0.05, 0.1) is 6.42 Å². The summed E-state index contributed by atoms with van der Waals surface area (Å²) in [7, 11) is 0. The van der Waals surface area contributed by atoms with Gasteiger partial charge in [-0.2, -0.15) is 0 Å². The normalized spacial score (nSPS) is 11.5. The van der Waals surface area contributed by atoms with E-state index in [-0.39, 0.29) is 24.8 Å². The van der Waals surface area contributed by atoms with E-state index in [9.17, 15) is 14.0 Å². The van der Waals surface area contributed by atoms with Crippen LogP contribution in [0, 0.1) is 5.82 Å². The van der Waals surface area contributed by atoms with Crippen LogP contribution in [0.25, 0.3) is 0 Å². The molecule has 0 heterocycles. The van der Waals surface area contributed by atoms with E-state index < -0.39 is 11.9 Å². The van der Waals surface area contributed by atoms with Crippen molar-refractivity contribution in [1.82, 2.24) is 10.2 Å². The smallest absolute Gasteiger partial charge is 0.243 e. The number of rotatable bonds is 9. The molecule has 0 unspecified atom stereocenters.